The summed E-state index contributed by atoms with van der Waals surface area (Å²) in [6.45, 7) is 0.990. The molecule has 1 fully saturated rings. The fraction of sp³-hybridized carbons (Fsp3) is 0.833. The van der Waals surface area contributed by atoms with Gasteiger partial charge in [0.15, 0.2) is 5.75 Å². The van der Waals surface area contributed by atoms with Gasteiger partial charge in [-0.1, -0.05) is 0 Å². The van der Waals surface area contributed by atoms with Gasteiger partial charge in [0.1, 0.15) is 0 Å². The predicted molar refractivity (Wildman–Crippen MR) is 41.8 cm³/mol. The predicted octanol–water partition coefficient (Wildman–Crippen LogP) is -0.782. The van der Waals surface area contributed by atoms with Gasteiger partial charge in [-0.25, -0.2) is 13.1 Å². The van der Waals surface area contributed by atoms with E-state index in [1.807, 2.05) is 0 Å². The maximum atomic E-state index is 11.0. The molecule has 1 aliphatic heterocycles. The number of hydrogen-bond acceptors (Lipinski definition) is 4. The van der Waals surface area contributed by atoms with E-state index in [0.29, 0.717) is 19.6 Å². The van der Waals surface area contributed by atoms with Crippen molar-refractivity contribution >= 4 is 10.0 Å². The summed E-state index contributed by atoms with van der Waals surface area (Å²) in [7, 11) is -3.41. The maximum Gasteiger partial charge on any atom is 0.225 e. The molecule has 1 atom stereocenters. The van der Waals surface area contributed by atoms with Gasteiger partial charge < -0.3 is 4.74 Å². The van der Waals surface area contributed by atoms with Crippen LogP contribution >= 0.6 is 0 Å². The number of rotatable bonds is 3. The van der Waals surface area contributed by atoms with Crippen molar-refractivity contribution in [3.8, 4) is 6.07 Å². The van der Waals surface area contributed by atoms with Crippen LogP contribution in [-0.2, 0) is 14.8 Å². The van der Waals surface area contributed by atoms with Gasteiger partial charge in [-0.05, 0) is 6.42 Å². The molecular formula is C6H10N2O3S. The van der Waals surface area contributed by atoms with Crippen molar-refractivity contribution in [3.63, 3.8) is 0 Å². The second-order valence-electron chi connectivity index (χ2n) is 2.60. The zero-order valence-corrected chi connectivity index (χ0v) is 7.30. The van der Waals surface area contributed by atoms with Crippen LogP contribution in [0.5, 0.6) is 0 Å². The second kappa shape index (κ2) is 3.85. The molecule has 0 aliphatic carbocycles. The van der Waals surface area contributed by atoms with E-state index in [-0.39, 0.29) is 6.04 Å². The van der Waals surface area contributed by atoms with Gasteiger partial charge in [-0.3, -0.25) is 0 Å². The Morgan fingerprint density at radius 1 is 1.67 bits per heavy atom. The number of nitrogens with one attached hydrogen (secondary N) is 1. The van der Waals surface area contributed by atoms with Crippen LogP contribution in [-0.4, -0.2) is 33.4 Å². The lowest BCUT2D eigenvalue weighted by Crippen LogP contribution is -2.36. The van der Waals surface area contributed by atoms with Crippen LogP contribution in [0.3, 0.4) is 0 Å². The maximum absolute atomic E-state index is 11.0. The number of nitrogens with zero attached hydrogens (tertiary/aromatic N) is 1. The van der Waals surface area contributed by atoms with Crippen molar-refractivity contribution in [1.82, 2.24) is 4.72 Å². The Kier molecular flexibility index (Phi) is 3.03. The highest BCUT2D eigenvalue weighted by atomic mass is 32.2. The summed E-state index contributed by atoms with van der Waals surface area (Å²) < 4.78 is 29.3. The smallest absolute Gasteiger partial charge is 0.225 e. The lowest BCUT2D eigenvalue weighted by Gasteiger charge is -2.07. The minimum Gasteiger partial charge on any atom is -0.380 e. The summed E-state index contributed by atoms with van der Waals surface area (Å²) in [5.74, 6) is -0.483. The average molecular weight is 190 g/mol. The molecule has 0 aromatic carbocycles. The van der Waals surface area contributed by atoms with E-state index in [9.17, 15) is 8.42 Å². The molecule has 1 N–H and O–H groups in total. The van der Waals surface area contributed by atoms with Gasteiger partial charge in [0.05, 0.1) is 12.7 Å². The van der Waals surface area contributed by atoms with Gasteiger partial charge in [0, 0.05) is 12.6 Å². The topological polar surface area (TPSA) is 79.2 Å². The van der Waals surface area contributed by atoms with Crippen LogP contribution in [0.1, 0.15) is 6.42 Å². The van der Waals surface area contributed by atoms with E-state index >= 15 is 0 Å². The highest BCUT2D eigenvalue weighted by Crippen LogP contribution is 2.04. The van der Waals surface area contributed by atoms with Crippen molar-refractivity contribution < 1.29 is 13.2 Å². The van der Waals surface area contributed by atoms with Gasteiger partial charge >= 0.3 is 0 Å². The van der Waals surface area contributed by atoms with Crippen LogP contribution in [0.25, 0.3) is 0 Å². The van der Waals surface area contributed by atoms with E-state index in [1.165, 1.54) is 0 Å². The molecule has 0 aromatic heterocycles. The van der Waals surface area contributed by atoms with Crippen molar-refractivity contribution in [2.45, 2.75) is 12.5 Å². The minimum absolute atomic E-state index is 0.150. The lowest BCUT2D eigenvalue weighted by molar-refractivity contribution is 0.192. The van der Waals surface area contributed by atoms with Crippen LogP contribution in [0.15, 0.2) is 0 Å². The molecule has 0 bridgehead atoms. The quantitative estimate of drug-likeness (QED) is 0.633. The molecule has 0 amide bonds. The first-order valence-electron chi connectivity index (χ1n) is 3.59. The number of hydrogen-bond donors (Lipinski definition) is 1. The van der Waals surface area contributed by atoms with E-state index in [2.05, 4.69) is 4.72 Å². The third kappa shape index (κ3) is 2.77. The third-order valence-electron chi connectivity index (χ3n) is 1.53. The Bertz CT molecular complexity index is 274. The van der Waals surface area contributed by atoms with E-state index in [4.69, 9.17) is 10.00 Å². The SMILES string of the molecule is N#CCS(=O)(=O)NC1CCOC1. The average Bonchev–Trinajstić information content (AvgIpc) is 2.38. The van der Waals surface area contributed by atoms with Crippen LogP contribution in [0.4, 0.5) is 0 Å². The zero-order valence-electron chi connectivity index (χ0n) is 6.49. The molecular weight excluding hydrogens is 180 g/mol. The fourth-order valence-corrected chi connectivity index (χ4v) is 1.96. The largest absolute Gasteiger partial charge is 0.380 e. The van der Waals surface area contributed by atoms with Gasteiger partial charge in [0.25, 0.3) is 0 Å². The molecule has 1 aliphatic rings. The van der Waals surface area contributed by atoms with Crippen LogP contribution in [0.2, 0.25) is 0 Å². The third-order valence-corrected chi connectivity index (χ3v) is 2.73. The lowest BCUT2D eigenvalue weighted by atomic mass is 10.3. The molecule has 0 radical (unpaired) electrons. The molecule has 1 unspecified atom stereocenters. The molecule has 68 valence electrons. The molecule has 12 heavy (non-hydrogen) atoms. The van der Waals surface area contributed by atoms with Crippen molar-refractivity contribution in [2.24, 2.45) is 0 Å². The summed E-state index contributed by atoms with van der Waals surface area (Å²) >= 11 is 0. The zero-order chi connectivity index (χ0) is 9.03. The van der Waals surface area contributed by atoms with Crippen molar-refractivity contribution in [2.75, 3.05) is 19.0 Å². The highest BCUT2D eigenvalue weighted by molar-refractivity contribution is 7.89. The number of ether oxygens (including phenoxy) is 1. The summed E-state index contributed by atoms with van der Waals surface area (Å²) in [5, 5.41) is 8.18. The van der Waals surface area contributed by atoms with Gasteiger partial charge in [0.2, 0.25) is 10.0 Å². The molecule has 1 rings (SSSR count). The van der Waals surface area contributed by atoms with Gasteiger partial charge in [-0.15, -0.1) is 0 Å². The van der Waals surface area contributed by atoms with Crippen LogP contribution in [0, 0.1) is 11.3 Å². The Morgan fingerprint density at radius 3 is 2.92 bits per heavy atom. The summed E-state index contributed by atoms with van der Waals surface area (Å²) in [5.41, 5.74) is 0. The molecule has 1 saturated heterocycles. The number of sulfonamides is 1. The van der Waals surface area contributed by atoms with Crippen molar-refractivity contribution in [1.29, 1.82) is 5.26 Å². The Morgan fingerprint density at radius 2 is 2.42 bits per heavy atom. The molecule has 5 nitrogen and oxygen atoms in total. The molecule has 0 aromatic rings. The minimum atomic E-state index is -3.41. The summed E-state index contributed by atoms with van der Waals surface area (Å²) in [6.07, 6.45) is 0.685. The monoisotopic (exact) mass is 190 g/mol. The first-order valence-corrected chi connectivity index (χ1v) is 5.24. The number of nitriles is 1. The van der Waals surface area contributed by atoms with Crippen LogP contribution < -0.4 is 4.72 Å². The Balaban J connectivity index is 2.44. The Hall–Kier alpha value is -0.640. The first kappa shape index (κ1) is 9.45. The summed E-state index contributed by atoms with van der Waals surface area (Å²) in [6, 6.07) is 1.44. The normalized spacial score (nSPS) is 23.8. The first-order chi connectivity index (χ1) is 5.64. The highest BCUT2D eigenvalue weighted by Gasteiger charge is 2.21. The standard InChI is InChI=1S/C6H10N2O3S/c7-2-4-12(9,10)8-6-1-3-11-5-6/h6,8H,1,3-5H2. The van der Waals surface area contributed by atoms with Crippen molar-refractivity contribution in [3.05, 3.63) is 0 Å². The molecule has 1 heterocycles. The van der Waals surface area contributed by atoms with E-state index in [0.717, 1.165) is 0 Å². The molecule has 6 heteroatoms. The summed E-state index contributed by atoms with van der Waals surface area (Å²) in [4.78, 5) is 0. The molecule has 0 saturated carbocycles. The van der Waals surface area contributed by atoms with E-state index < -0.39 is 15.8 Å². The van der Waals surface area contributed by atoms with E-state index in [1.54, 1.807) is 6.07 Å². The fourth-order valence-electron chi connectivity index (χ4n) is 1.01. The second-order valence-corrected chi connectivity index (χ2v) is 4.35. The Labute approximate surface area is 71.4 Å². The van der Waals surface area contributed by atoms with Gasteiger partial charge in [-0.2, -0.15) is 5.26 Å². The molecule has 0 spiro atoms.